The molecule has 1 aromatic heterocycles. The Morgan fingerprint density at radius 1 is 1.00 bits per heavy atom. The van der Waals surface area contributed by atoms with Crippen molar-refractivity contribution in [2.24, 2.45) is 0 Å². The van der Waals surface area contributed by atoms with E-state index in [1.54, 1.807) is 11.3 Å². The zero-order valence-electron chi connectivity index (χ0n) is 14.3. The Kier molecular flexibility index (Phi) is 5.99. The van der Waals surface area contributed by atoms with E-state index in [0.29, 0.717) is 11.9 Å². The lowest BCUT2D eigenvalue weighted by Crippen LogP contribution is -2.21. The molecule has 3 rings (SSSR count). The van der Waals surface area contributed by atoms with E-state index in [-0.39, 0.29) is 0 Å². The lowest BCUT2D eigenvalue weighted by atomic mass is 10.1. The second-order valence-corrected chi connectivity index (χ2v) is 6.96. The summed E-state index contributed by atoms with van der Waals surface area (Å²) in [6.07, 6.45) is 0.986. The molecule has 1 heterocycles. The molecule has 0 amide bonds. The van der Waals surface area contributed by atoms with Crippen LogP contribution in [0.2, 0.25) is 0 Å². The Bertz CT molecular complexity index is 780. The van der Waals surface area contributed by atoms with Crippen molar-refractivity contribution in [1.82, 2.24) is 5.32 Å². The molecule has 0 aliphatic heterocycles. The first kappa shape index (κ1) is 17.4. The average molecular weight is 350 g/mol. The molecule has 128 valence electrons. The lowest BCUT2D eigenvalue weighted by Gasteiger charge is -2.14. The topological polar surface area (TPSA) is 47.9 Å². The van der Waals surface area contributed by atoms with E-state index < -0.39 is 0 Å². The molecular weight excluding hydrogens is 326 g/mol. The molecule has 0 saturated heterocycles. The summed E-state index contributed by atoms with van der Waals surface area (Å²) in [5.41, 5.74) is 3.56. The van der Waals surface area contributed by atoms with Crippen molar-refractivity contribution >= 4 is 22.9 Å². The summed E-state index contributed by atoms with van der Waals surface area (Å²) in [6.45, 7) is 3.13. The van der Waals surface area contributed by atoms with Crippen LogP contribution in [0.3, 0.4) is 0 Å². The molecule has 0 aliphatic carbocycles. The van der Waals surface area contributed by atoms with Gasteiger partial charge in [-0.3, -0.25) is 5.41 Å². The lowest BCUT2D eigenvalue weighted by molar-refractivity contribution is 0.577. The summed E-state index contributed by atoms with van der Waals surface area (Å²) in [6, 6.07) is 23.1. The Hall–Kier alpha value is -2.43. The van der Waals surface area contributed by atoms with Gasteiger partial charge in [-0.05, 0) is 54.6 Å². The summed E-state index contributed by atoms with van der Waals surface area (Å²) >= 11 is 1.57. The standard InChI is InChI=1S/C21H23N3S/c1-16(18-6-3-2-4-7-18)23-14-13-17-9-11-19(12-10-17)24-21(22)20-8-5-15-25-20/h2-12,15-16,23H,13-14H2,1H3,(H2,22,24)/t16-/m0/s1. The maximum Gasteiger partial charge on any atom is 0.140 e. The highest BCUT2D eigenvalue weighted by atomic mass is 32.1. The summed E-state index contributed by atoms with van der Waals surface area (Å²) < 4.78 is 0. The van der Waals surface area contributed by atoms with Crippen molar-refractivity contribution in [3.8, 4) is 0 Å². The molecular formula is C21H23N3S. The van der Waals surface area contributed by atoms with E-state index in [1.807, 2.05) is 35.7 Å². The first-order valence-corrected chi connectivity index (χ1v) is 9.37. The SMILES string of the molecule is C[C@H](NCCc1ccc(NC(=N)c2cccs2)cc1)c1ccccc1. The first-order valence-electron chi connectivity index (χ1n) is 8.49. The quantitative estimate of drug-likeness (QED) is 0.411. The second kappa shape index (κ2) is 8.60. The zero-order chi connectivity index (χ0) is 17.5. The maximum absolute atomic E-state index is 8.07. The van der Waals surface area contributed by atoms with Gasteiger partial charge in [-0.1, -0.05) is 48.5 Å². The number of nitrogens with one attached hydrogen (secondary N) is 3. The number of hydrogen-bond donors (Lipinski definition) is 3. The molecule has 1 atom stereocenters. The molecule has 0 bridgehead atoms. The van der Waals surface area contributed by atoms with Crippen molar-refractivity contribution < 1.29 is 0 Å². The monoisotopic (exact) mass is 349 g/mol. The molecule has 0 radical (unpaired) electrons. The minimum atomic E-state index is 0.355. The van der Waals surface area contributed by atoms with Crippen LogP contribution >= 0.6 is 11.3 Å². The molecule has 0 saturated carbocycles. The molecule has 0 fully saturated rings. The summed E-state index contributed by atoms with van der Waals surface area (Å²) in [5, 5.41) is 16.8. The van der Waals surface area contributed by atoms with Crippen molar-refractivity contribution in [3.63, 3.8) is 0 Å². The number of benzene rings is 2. The van der Waals surface area contributed by atoms with Crippen molar-refractivity contribution in [2.75, 3.05) is 11.9 Å². The van der Waals surface area contributed by atoms with Crippen LogP contribution in [0.25, 0.3) is 0 Å². The van der Waals surface area contributed by atoms with Crippen LogP contribution in [0.15, 0.2) is 72.1 Å². The smallest absolute Gasteiger partial charge is 0.140 e. The van der Waals surface area contributed by atoms with Gasteiger partial charge in [0, 0.05) is 11.7 Å². The summed E-state index contributed by atoms with van der Waals surface area (Å²) in [4.78, 5) is 0.947. The van der Waals surface area contributed by atoms with Crippen LogP contribution in [-0.4, -0.2) is 12.4 Å². The number of anilines is 1. The Morgan fingerprint density at radius 2 is 1.76 bits per heavy atom. The van der Waals surface area contributed by atoms with Crippen LogP contribution in [0, 0.1) is 5.41 Å². The zero-order valence-corrected chi connectivity index (χ0v) is 15.1. The Labute approximate surface area is 153 Å². The van der Waals surface area contributed by atoms with E-state index in [1.165, 1.54) is 11.1 Å². The molecule has 0 aliphatic rings. The number of amidine groups is 1. The first-order chi connectivity index (χ1) is 12.2. The molecule has 2 aromatic carbocycles. The molecule has 3 N–H and O–H groups in total. The van der Waals surface area contributed by atoms with Crippen LogP contribution < -0.4 is 10.6 Å². The van der Waals surface area contributed by atoms with E-state index in [9.17, 15) is 0 Å². The number of hydrogen-bond acceptors (Lipinski definition) is 3. The van der Waals surface area contributed by atoms with Gasteiger partial charge in [0.2, 0.25) is 0 Å². The second-order valence-electron chi connectivity index (χ2n) is 6.01. The normalized spacial score (nSPS) is 11.9. The van der Waals surface area contributed by atoms with Crippen molar-refractivity contribution in [3.05, 3.63) is 88.1 Å². The van der Waals surface area contributed by atoms with Crippen LogP contribution in [0.5, 0.6) is 0 Å². The molecule has 3 nitrogen and oxygen atoms in total. The highest BCUT2D eigenvalue weighted by molar-refractivity contribution is 7.12. The fraction of sp³-hybridized carbons (Fsp3) is 0.190. The number of thiophene rings is 1. The van der Waals surface area contributed by atoms with E-state index >= 15 is 0 Å². The summed E-state index contributed by atoms with van der Waals surface area (Å²) in [5.74, 6) is 0.445. The molecule has 4 heteroatoms. The largest absolute Gasteiger partial charge is 0.340 e. The molecule has 25 heavy (non-hydrogen) atoms. The predicted octanol–water partition coefficient (Wildman–Crippen LogP) is 5.08. The van der Waals surface area contributed by atoms with Crippen molar-refractivity contribution in [2.45, 2.75) is 19.4 Å². The van der Waals surface area contributed by atoms with Crippen LogP contribution in [0.1, 0.15) is 29.0 Å². The third kappa shape index (κ3) is 5.02. The van der Waals surface area contributed by atoms with Gasteiger partial charge in [0.15, 0.2) is 0 Å². The third-order valence-electron chi connectivity index (χ3n) is 4.15. The van der Waals surface area contributed by atoms with Gasteiger partial charge in [0.25, 0.3) is 0 Å². The third-order valence-corrected chi connectivity index (χ3v) is 5.04. The van der Waals surface area contributed by atoms with Gasteiger partial charge in [-0.25, -0.2) is 0 Å². The number of rotatable bonds is 7. The van der Waals surface area contributed by atoms with Gasteiger partial charge in [-0.2, -0.15) is 0 Å². The molecule has 0 unspecified atom stereocenters. The van der Waals surface area contributed by atoms with E-state index in [2.05, 4.69) is 54.0 Å². The molecule has 0 spiro atoms. The Balaban J connectivity index is 1.47. The van der Waals surface area contributed by atoms with Gasteiger partial charge < -0.3 is 10.6 Å². The Morgan fingerprint density at radius 3 is 2.44 bits per heavy atom. The molecule has 3 aromatic rings. The summed E-state index contributed by atoms with van der Waals surface area (Å²) in [7, 11) is 0. The highest BCUT2D eigenvalue weighted by Crippen LogP contribution is 2.15. The minimum Gasteiger partial charge on any atom is -0.340 e. The van der Waals surface area contributed by atoms with Crippen LogP contribution in [0.4, 0.5) is 5.69 Å². The van der Waals surface area contributed by atoms with E-state index in [0.717, 1.165) is 23.5 Å². The van der Waals surface area contributed by atoms with Crippen LogP contribution in [-0.2, 0) is 6.42 Å². The van der Waals surface area contributed by atoms with E-state index in [4.69, 9.17) is 5.41 Å². The van der Waals surface area contributed by atoms with Gasteiger partial charge in [0.1, 0.15) is 5.84 Å². The van der Waals surface area contributed by atoms with Gasteiger partial charge in [-0.15, -0.1) is 11.3 Å². The average Bonchev–Trinajstić information content (AvgIpc) is 3.19. The maximum atomic E-state index is 8.07. The predicted molar refractivity (Wildman–Crippen MR) is 108 cm³/mol. The highest BCUT2D eigenvalue weighted by Gasteiger charge is 2.05. The fourth-order valence-electron chi connectivity index (χ4n) is 2.67. The minimum absolute atomic E-state index is 0.355. The van der Waals surface area contributed by atoms with Gasteiger partial charge in [0.05, 0.1) is 4.88 Å². The fourth-order valence-corrected chi connectivity index (χ4v) is 3.30. The van der Waals surface area contributed by atoms with Gasteiger partial charge >= 0.3 is 0 Å². The van der Waals surface area contributed by atoms with Crippen molar-refractivity contribution in [1.29, 1.82) is 5.41 Å².